The zero-order valence-corrected chi connectivity index (χ0v) is 12.2. The van der Waals surface area contributed by atoms with Gasteiger partial charge in [0.15, 0.2) is 0 Å². The van der Waals surface area contributed by atoms with Crippen LogP contribution in [-0.4, -0.2) is 18.2 Å². The van der Waals surface area contributed by atoms with E-state index in [1.54, 1.807) is 11.0 Å². The molecule has 0 bridgehead atoms. The fourth-order valence-electron chi connectivity index (χ4n) is 2.05. The van der Waals surface area contributed by atoms with E-state index in [1.165, 1.54) is 0 Å². The first kappa shape index (κ1) is 13.0. The van der Waals surface area contributed by atoms with Gasteiger partial charge in [0.1, 0.15) is 0 Å². The number of fused-ring (bicyclic) bond motifs is 1. The van der Waals surface area contributed by atoms with Crippen LogP contribution in [0, 0.1) is 6.92 Å². The predicted octanol–water partition coefficient (Wildman–Crippen LogP) is 3.25. The lowest BCUT2D eigenvalue weighted by Crippen LogP contribution is -2.30. The molecule has 0 saturated carbocycles. The lowest BCUT2D eigenvalue weighted by Gasteiger charge is -2.16. The summed E-state index contributed by atoms with van der Waals surface area (Å²) in [6.45, 7) is 6.29. The Balaban J connectivity index is 2.51. The maximum absolute atomic E-state index is 12.0. The molecule has 1 aromatic rings. The van der Waals surface area contributed by atoms with Crippen molar-refractivity contribution < 1.29 is 9.59 Å². The Morgan fingerprint density at radius 2 is 2.00 bits per heavy atom. The van der Waals surface area contributed by atoms with Crippen molar-refractivity contribution in [1.82, 2.24) is 0 Å². The molecule has 0 N–H and O–H groups in total. The lowest BCUT2D eigenvalue weighted by molar-refractivity contribution is -0.114. The van der Waals surface area contributed by atoms with Gasteiger partial charge in [-0.05, 0) is 38.5 Å². The van der Waals surface area contributed by atoms with Crippen LogP contribution in [0.4, 0.5) is 5.69 Å². The molecule has 1 aliphatic heterocycles. The maximum Gasteiger partial charge on any atom is 0.299 e. The minimum Gasteiger partial charge on any atom is -0.301 e. The molecule has 1 amide bonds. The van der Waals surface area contributed by atoms with E-state index >= 15 is 0 Å². The number of hydrogen-bond donors (Lipinski definition) is 0. The zero-order valence-electron chi connectivity index (χ0n) is 10.6. The molecule has 0 atom stereocenters. The topological polar surface area (TPSA) is 37.4 Å². The molecule has 0 spiro atoms. The first-order chi connectivity index (χ1) is 8.41. The van der Waals surface area contributed by atoms with Crippen molar-refractivity contribution in [2.75, 3.05) is 11.4 Å². The minimum atomic E-state index is -0.441. The number of hydrogen-bond acceptors (Lipinski definition) is 2. The number of ketones is 1. The Kier molecular flexibility index (Phi) is 3.39. The van der Waals surface area contributed by atoms with Crippen LogP contribution in [0.1, 0.15) is 29.8 Å². The van der Waals surface area contributed by atoms with Gasteiger partial charge in [0.2, 0.25) is 0 Å². The third-order valence-electron chi connectivity index (χ3n) is 2.90. The minimum absolute atomic E-state index is 0.420. The highest BCUT2D eigenvalue weighted by atomic mass is 79.9. The molecule has 0 saturated heterocycles. The first-order valence-corrected chi connectivity index (χ1v) is 6.51. The van der Waals surface area contributed by atoms with Crippen LogP contribution in [0.25, 0.3) is 0 Å². The van der Waals surface area contributed by atoms with Crippen LogP contribution in [0.15, 0.2) is 28.3 Å². The van der Waals surface area contributed by atoms with Crippen LogP contribution in [0.3, 0.4) is 0 Å². The van der Waals surface area contributed by atoms with Crippen LogP contribution in [0.5, 0.6) is 0 Å². The molecule has 4 heteroatoms. The number of rotatable bonds is 2. The van der Waals surface area contributed by atoms with Crippen molar-refractivity contribution in [2.24, 2.45) is 0 Å². The number of carbonyl (C=O) groups excluding carboxylic acids is 2. The number of aryl methyl sites for hydroxylation is 1. The number of amides is 1. The van der Waals surface area contributed by atoms with Gasteiger partial charge in [-0.1, -0.05) is 27.6 Å². The van der Waals surface area contributed by atoms with Gasteiger partial charge in [-0.2, -0.15) is 0 Å². The summed E-state index contributed by atoms with van der Waals surface area (Å²) in [5.74, 6) is -0.861. The first-order valence-electron chi connectivity index (χ1n) is 5.71. The van der Waals surface area contributed by atoms with Gasteiger partial charge in [0.25, 0.3) is 11.7 Å². The monoisotopic (exact) mass is 307 g/mol. The van der Waals surface area contributed by atoms with Gasteiger partial charge < -0.3 is 4.90 Å². The molecule has 1 aliphatic rings. The molecule has 0 aromatic heterocycles. The van der Waals surface area contributed by atoms with E-state index in [0.717, 1.165) is 21.3 Å². The smallest absolute Gasteiger partial charge is 0.299 e. The van der Waals surface area contributed by atoms with Gasteiger partial charge in [-0.15, -0.1) is 0 Å². The summed E-state index contributed by atoms with van der Waals surface area (Å²) in [4.78, 5) is 25.4. The lowest BCUT2D eigenvalue weighted by atomic mass is 10.1. The predicted molar refractivity (Wildman–Crippen MR) is 75.0 cm³/mol. The Morgan fingerprint density at radius 3 is 2.61 bits per heavy atom. The second-order valence-corrected chi connectivity index (χ2v) is 5.56. The molecule has 0 aliphatic carbocycles. The molecule has 0 fully saturated rings. The van der Waals surface area contributed by atoms with Crippen molar-refractivity contribution in [2.45, 2.75) is 20.8 Å². The average Bonchev–Trinajstić information content (AvgIpc) is 2.51. The summed E-state index contributed by atoms with van der Waals surface area (Å²) in [6, 6.07) is 3.63. The molecular weight excluding hydrogens is 294 g/mol. The van der Waals surface area contributed by atoms with E-state index in [9.17, 15) is 9.59 Å². The summed E-state index contributed by atoms with van der Waals surface area (Å²) < 4.78 is 0.823. The standard InChI is InChI=1S/C14H14BrNO2/c1-8(2)4-5-16-12-9(3)6-10(15)7-11(12)13(17)14(16)18/h4,6-7H,5H2,1-3H3. The van der Waals surface area contributed by atoms with Crippen molar-refractivity contribution >= 4 is 33.3 Å². The quantitative estimate of drug-likeness (QED) is 0.621. The maximum atomic E-state index is 12.0. The van der Waals surface area contributed by atoms with Gasteiger partial charge in [-0.25, -0.2) is 0 Å². The number of nitrogens with zero attached hydrogens (tertiary/aromatic N) is 1. The molecule has 1 heterocycles. The summed E-state index contributed by atoms with van der Waals surface area (Å²) >= 11 is 3.35. The third kappa shape index (κ3) is 2.12. The molecule has 94 valence electrons. The number of anilines is 1. The van der Waals surface area contributed by atoms with Crippen LogP contribution in [0.2, 0.25) is 0 Å². The van der Waals surface area contributed by atoms with Crippen LogP contribution in [-0.2, 0) is 4.79 Å². The highest BCUT2D eigenvalue weighted by Crippen LogP contribution is 2.34. The van der Waals surface area contributed by atoms with E-state index < -0.39 is 11.7 Å². The molecule has 2 rings (SSSR count). The molecule has 1 aromatic carbocycles. The number of Topliss-reactive ketones (excluding diaryl/α,β-unsaturated/α-hetero) is 1. The van der Waals surface area contributed by atoms with E-state index in [1.807, 2.05) is 32.9 Å². The molecule has 0 unspecified atom stereocenters. The van der Waals surface area contributed by atoms with Crippen LogP contribution >= 0.6 is 15.9 Å². The van der Waals surface area contributed by atoms with E-state index in [-0.39, 0.29) is 0 Å². The van der Waals surface area contributed by atoms with Gasteiger partial charge in [0, 0.05) is 11.0 Å². The Labute approximate surface area is 115 Å². The number of carbonyl (C=O) groups is 2. The highest BCUT2D eigenvalue weighted by molar-refractivity contribution is 9.10. The van der Waals surface area contributed by atoms with E-state index in [4.69, 9.17) is 0 Å². The van der Waals surface area contributed by atoms with E-state index in [0.29, 0.717) is 12.1 Å². The summed E-state index contributed by atoms with van der Waals surface area (Å²) in [5, 5.41) is 0. The largest absolute Gasteiger partial charge is 0.301 e. The number of benzene rings is 1. The second kappa shape index (κ2) is 4.69. The van der Waals surface area contributed by atoms with Gasteiger partial charge in [0.05, 0.1) is 11.3 Å². The Morgan fingerprint density at radius 1 is 1.33 bits per heavy atom. The van der Waals surface area contributed by atoms with Crippen molar-refractivity contribution in [3.8, 4) is 0 Å². The second-order valence-electron chi connectivity index (χ2n) is 4.65. The van der Waals surface area contributed by atoms with Crippen LogP contribution < -0.4 is 4.90 Å². The number of allylic oxidation sites excluding steroid dienone is 1. The number of halogens is 1. The Hall–Kier alpha value is -1.42. The van der Waals surface area contributed by atoms with Crippen molar-refractivity contribution in [1.29, 1.82) is 0 Å². The summed E-state index contributed by atoms with van der Waals surface area (Å²) in [6.07, 6.45) is 1.95. The third-order valence-corrected chi connectivity index (χ3v) is 3.36. The normalized spacial score (nSPS) is 13.9. The fraction of sp³-hybridized carbons (Fsp3) is 0.286. The van der Waals surface area contributed by atoms with Crippen molar-refractivity contribution in [3.63, 3.8) is 0 Å². The summed E-state index contributed by atoms with van der Waals surface area (Å²) in [7, 11) is 0. The van der Waals surface area contributed by atoms with E-state index in [2.05, 4.69) is 15.9 Å². The molecular formula is C14H14BrNO2. The zero-order chi connectivity index (χ0) is 13.4. The van der Waals surface area contributed by atoms with Crippen molar-refractivity contribution in [3.05, 3.63) is 39.4 Å². The summed E-state index contributed by atoms with van der Waals surface area (Å²) in [5.41, 5.74) is 3.29. The Bertz CT molecular complexity index is 571. The molecule has 18 heavy (non-hydrogen) atoms. The molecule has 3 nitrogen and oxygen atoms in total. The van der Waals surface area contributed by atoms with Gasteiger partial charge >= 0.3 is 0 Å². The molecule has 0 radical (unpaired) electrons. The fourth-order valence-corrected chi connectivity index (χ4v) is 2.63. The highest BCUT2D eigenvalue weighted by Gasteiger charge is 2.36. The SMILES string of the molecule is CC(C)=CCN1C(=O)C(=O)c2cc(Br)cc(C)c21. The average molecular weight is 308 g/mol. The van der Waals surface area contributed by atoms with Gasteiger partial charge in [-0.3, -0.25) is 9.59 Å².